The van der Waals surface area contributed by atoms with Crippen LogP contribution < -0.4 is 5.32 Å². The molecule has 20 heavy (non-hydrogen) atoms. The number of nitrogens with one attached hydrogen (secondary N) is 1. The maximum Gasteiger partial charge on any atom is 0.129 e. The first-order chi connectivity index (χ1) is 9.70. The summed E-state index contributed by atoms with van der Waals surface area (Å²) in [4.78, 5) is 0. The van der Waals surface area contributed by atoms with Gasteiger partial charge in [-0.1, -0.05) is 22.0 Å². The number of benzene rings is 1. The van der Waals surface area contributed by atoms with E-state index < -0.39 is 0 Å². The molecule has 6 heteroatoms. The number of hydrogen-bond acceptors (Lipinski definition) is 3. The molecule has 0 saturated carbocycles. The summed E-state index contributed by atoms with van der Waals surface area (Å²) in [7, 11) is 1.67. The average Bonchev–Trinajstić information content (AvgIpc) is 2.85. The molecule has 2 aromatic rings. The molecule has 2 rings (SSSR count). The monoisotopic (exact) mass is 341 g/mol. The van der Waals surface area contributed by atoms with E-state index in [1.54, 1.807) is 24.1 Å². The van der Waals surface area contributed by atoms with Crippen LogP contribution in [0.2, 0.25) is 0 Å². The van der Waals surface area contributed by atoms with E-state index in [1.165, 1.54) is 6.07 Å². The van der Waals surface area contributed by atoms with Gasteiger partial charge in [0.1, 0.15) is 5.82 Å². The first-order valence-electron chi connectivity index (χ1n) is 6.35. The van der Waals surface area contributed by atoms with Crippen molar-refractivity contribution < 1.29 is 9.13 Å². The summed E-state index contributed by atoms with van der Waals surface area (Å²) < 4.78 is 21.3. The summed E-state index contributed by atoms with van der Waals surface area (Å²) in [6.45, 7) is 2.54. The van der Waals surface area contributed by atoms with Gasteiger partial charge in [-0.05, 0) is 18.2 Å². The first-order valence-corrected chi connectivity index (χ1v) is 7.14. The van der Waals surface area contributed by atoms with Gasteiger partial charge in [0.15, 0.2) is 0 Å². The van der Waals surface area contributed by atoms with E-state index in [0.717, 1.165) is 16.7 Å². The van der Waals surface area contributed by atoms with Gasteiger partial charge in [-0.25, -0.2) is 4.39 Å². The largest absolute Gasteiger partial charge is 0.383 e. The SMILES string of the molecule is COCCNCc1ccnn1Cc1ccc(Br)cc1F. The predicted molar refractivity (Wildman–Crippen MR) is 79.0 cm³/mol. The second kappa shape index (κ2) is 7.52. The van der Waals surface area contributed by atoms with E-state index in [1.807, 2.05) is 12.1 Å². The molecule has 4 nitrogen and oxygen atoms in total. The molecule has 1 aromatic heterocycles. The normalized spacial score (nSPS) is 10.9. The third-order valence-corrected chi connectivity index (χ3v) is 3.42. The van der Waals surface area contributed by atoms with E-state index in [0.29, 0.717) is 25.3 Å². The lowest BCUT2D eigenvalue weighted by molar-refractivity contribution is 0.199. The van der Waals surface area contributed by atoms with Crippen LogP contribution in [0.15, 0.2) is 34.9 Å². The molecule has 108 valence electrons. The molecule has 0 radical (unpaired) electrons. The molecule has 1 heterocycles. The van der Waals surface area contributed by atoms with E-state index >= 15 is 0 Å². The van der Waals surface area contributed by atoms with Gasteiger partial charge < -0.3 is 10.1 Å². The van der Waals surface area contributed by atoms with Gasteiger partial charge in [-0.2, -0.15) is 5.10 Å². The molecular weight excluding hydrogens is 325 g/mol. The smallest absolute Gasteiger partial charge is 0.129 e. The maximum atomic E-state index is 13.8. The summed E-state index contributed by atoms with van der Waals surface area (Å²) in [6.07, 6.45) is 1.73. The third kappa shape index (κ3) is 4.13. The average molecular weight is 342 g/mol. The van der Waals surface area contributed by atoms with Crippen LogP contribution >= 0.6 is 15.9 Å². The van der Waals surface area contributed by atoms with Crippen molar-refractivity contribution in [1.29, 1.82) is 0 Å². The Bertz CT molecular complexity index is 559. The van der Waals surface area contributed by atoms with Crippen LogP contribution in [0, 0.1) is 5.82 Å². The quantitative estimate of drug-likeness (QED) is 0.786. The van der Waals surface area contributed by atoms with Crippen molar-refractivity contribution in [3.63, 3.8) is 0 Å². The number of hydrogen-bond donors (Lipinski definition) is 1. The van der Waals surface area contributed by atoms with Gasteiger partial charge in [0.25, 0.3) is 0 Å². The van der Waals surface area contributed by atoms with Crippen molar-refractivity contribution in [1.82, 2.24) is 15.1 Å². The topological polar surface area (TPSA) is 39.1 Å². The van der Waals surface area contributed by atoms with Crippen LogP contribution in [-0.4, -0.2) is 30.0 Å². The van der Waals surface area contributed by atoms with Crippen molar-refractivity contribution >= 4 is 15.9 Å². The maximum absolute atomic E-state index is 13.8. The Morgan fingerprint density at radius 3 is 3.00 bits per heavy atom. The fourth-order valence-electron chi connectivity index (χ4n) is 1.85. The highest BCUT2D eigenvalue weighted by Gasteiger charge is 2.07. The number of rotatable bonds is 7. The Labute approximate surface area is 126 Å². The summed E-state index contributed by atoms with van der Waals surface area (Å²) in [6, 6.07) is 6.99. The molecule has 0 aliphatic carbocycles. The Hall–Kier alpha value is -1.24. The van der Waals surface area contributed by atoms with Gasteiger partial charge in [0.2, 0.25) is 0 Å². The van der Waals surface area contributed by atoms with Crippen LogP contribution in [0.3, 0.4) is 0 Å². The lowest BCUT2D eigenvalue weighted by Gasteiger charge is -2.09. The molecule has 0 fully saturated rings. The van der Waals surface area contributed by atoms with Crippen LogP contribution in [0.25, 0.3) is 0 Å². The number of ether oxygens (including phenoxy) is 1. The Kier molecular flexibility index (Phi) is 5.70. The number of halogens is 2. The molecule has 0 unspecified atom stereocenters. The summed E-state index contributed by atoms with van der Waals surface area (Å²) in [5.74, 6) is -0.229. The second-order valence-corrected chi connectivity index (χ2v) is 5.30. The van der Waals surface area contributed by atoms with Crippen LogP contribution in [0.1, 0.15) is 11.3 Å². The lowest BCUT2D eigenvalue weighted by atomic mass is 10.2. The molecule has 0 atom stereocenters. The van der Waals surface area contributed by atoms with Gasteiger partial charge in [0, 0.05) is 36.4 Å². The van der Waals surface area contributed by atoms with Crippen LogP contribution in [0.4, 0.5) is 4.39 Å². The van der Waals surface area contributed by atoms with Gasteiger partial charge in [-0.3, -0.25) is 4.68 Å². The van der Waals surface area contributed by atoms with Crippen molar-refractivity contribution in [2.45, 2.75) is 13.1 Å². The summed E-state index contributed by atoms with van der Waals surface area (Å²) in [5, 5.41) is 7.49. The Morgan fingerprint density at radius 2 is 2.25 bits per heavy atom. The highest BCUT2D eigenvalue weighted by molar-refractivity contribution is 9.10. The van der Waals surface area contributed by atoms with Gasteiger partial charge >= 0.3 is 0 Å². The Balaban J connectivity index is 2.01. The van der Waals surface area contributed by atoms with Crippen molar-refractivity contribution in [3.05, 3.63) is 52.0 Å². The van der Waals surface area contributed by atoms with E-state index in [-0.39, 0.29) is 5.82 Å². The zero-order valence-corrected chi connectivity index (χ0v) is 12.9. The van der Waals surface area contributed by atoms with E-state index in [4.69, 9.17) is 4.74 Å². The van der Waals surface area contributed by atoms with Crippen molar-refractivity contribution in [2.24, 2.45) is 0 Å². The molecule has 0 aliphatic rings. The van der Waals surface area contributed by atoms with Gasteiger partial charge in [-0.15, -0.1) is 0 Å². The molecule has 0 amide bonds. The molecule has 1 aromatic carbocycles. The molecule has 1 N–H and O–H groups in total. The van der Waals surface area contributed by atoms with Gasteiger partial charge in [0.05, 0.1) is 18.8 Å². The molecule has 0 saturated heterocycles. The highest BCUT2D eigenvalue weighted by Crippen LogP contribution is 2.16. The number of nitrogens with zero attached hydrogens (tertiary/aromatic N) is 2. The Morgan fingerprint density at radius 1 is 1.40 bits per heavy atom. The molecule has 0 bridgehead atoms. The molecule has 0 aliphatic heterocycles. The second-order valence-electron chi connectivity index (χ2n) is 4.39. The zero-order valence-electron chi connectivity index (χ0n) is 11.3. The van der Waals surface area contributed by atoms with Crippen molar-refractivity contribution in [3.8, 4) is 0 Å². The molecular formula is C14H17BrFN3O. The van der Waals surface area contributed by atoms with E-state index in [9.17, 15) is 4.39 Å². The lowest BCUT2D eigenvalue weighted by Crippen LogP contribution is -2.21. The summed E-state index contributed by atoms with van der Waals surface area (Å²) >= 11 is 3.25. The van der Waals surface area contributed by atoms with E-state index in [2.05, 4.69) is 26.3 Å². The minimum atomic E-state index is -0.229. The number of methoxy groups -OCH3 is 1. The first kappa shape index (κ1) is 15.2. The van der Waals surface area contributed by atoms with Crippen molar-refractivity contribution in [2.75, 3.05) is 20.3 Å². The summed E-state index contributed by atoms with van der Waals surface area (Å²) in [5.41, 5.74) is 1.64. The number of aromatic nitrogens is 2. The highest BCUT2D eigenvalue weighted by atomic mass is 79.9. The van der Waals surface area contributed by atoms with Crippen LogP contribution in [0.5, 0.6) is 0 Å². The standard InChI is InChI=1S/C14H17BrFN3O/c1-20-7-6-17-9-13-4-5-18-19(13)10-11-2-3-12(15)8-14(11)16/h2-5,8,17H,6-7,9-10H2,1H3. The third-order valence-electron chi connectivity index (χ3n) is 2.93. The zero-order chi connectivity index (χ0) is 14.4. The minimum Gasteiger partial charge on any atom is -0.383 e. The predicted octanol–water partition coefficient (Wildman–Crippen LogP) is 2.57. The van der Waals surface area contributed by atoms with Crippen LogP contribution in [-0.2, 0) is 17.8 Å². The fourth-order valence-corrected chi connectivity index (χ4v) is 2.19. The fraction of sp³-hybridized carbons (Fsp3) is 0.357. The molecule has 0 spiro atoms. The minimum absolute atomic E-state index is 0.229.